The maximum atomic E-state index is 14.1. The van der Waals surface area contributed by atoms with Gasteiger partial charge in [-0.3, -0.25) is 19.2 Å². The van der Waals surface area contributed by atoms with Gasteiger partial charge in [-0.15, -0.1) is 0 Å². The Morgan fingerprint density at radius 3 is 0.890 bits per heavy atom. The van der Waals surface area contributed by atoms with E-state index in [2.05, 4.69) is 91.3 Å². The van der Waals surface area contributed by atoms with Crippen LogP contribution in [-0.2, 0) is 85.0 Å². The molecule has 16 nitrogen and oxygen atoms in total. The number of carbonyl (C=O) groups excluding carboxylic acids is 4. The molecule has 4 heterocycles. The summed E-state index contributed by atoms with van der Waals surface area (Å²) in [7, 11) is 0. The number of rotatable bonds is 15. The van der Waals surface area contributed by atoms with E-state index in [1.54, 1.807) is 42.5 Å². The van der Waals surface area contributed by atoms with Crippen LogP contribution in [0.4, 0.5) is 54.0 Å². The fourth-order valence-electron chi connectivity index (χ4n) is 15.8. The predicted molar refractivity (Wildman–Crippen MR) is 484 cm³/mol. The Kier molecular flexibility index (Phi) is 25.3. The zero-order valence-electron chi connectivity index (χ0n) is 67.7. The summed E-state index contributed by atoms with van der Waals surface area (Å²) in [5.74, 6) is -12.8. The van der Waals surface area contributed by atoms with Crippen molar-refractivity contribution in [3.8, 4) is 90.1 Å². The average molecular weight is 1800 g/mol. The highest BCUT2D eigenvalue weighted by atomic mass is 127. The normalized spacial score (nSPS) is 12.1. The van der Waals surface area contributed by atoms with Crippen LogP contribution in [0.5, 0.6) is 0 Å². The van der Waals surface area contributed by atoms with Crippen molar-refractivity contribution in [2.75, 3.05) is 21.3 Å². The van der Waals surface area contributed by atoms with Crippen molar-refractivity contribution in [2.45, 2.75) is 70.6 Å². The number of aryl methyl sites for hydroxylation is 8. The first-order valence-corrected chi connectivity index (χ1v) is 42.1. The zero-order valence-corrected chi connectivity index (χ0v) is 69.9. The highest BCUT2D eigenvalue weighted by Crippen LogP contribution is 2.42. The molecule has 20 rings (SSSR count). The van der Waals surface area contributed by atoms with Crippen LogP contribution in [0.2, 0.25) is 0 Å². The van der Waals surface area contributed by atoms with E-state index in [1.165, 1.54) is 22.8 Å². The van der Waals surface area contributed by atoms with Crippen LogP contribution < -0.4 is 21.3 Å². The highest BCUT2D eigenvalue weighted by molar-refractivity contribution is 14.1. The monoisotopic (exact) mass is 1800 g/mol. The van der Waals surface area contributed by atoms with Gasteiger partial charge in [0.05, 0.1) is 64.8 Å². The molecular weight excluding hydrogens is 1730 g/mol. The molecule has 4 aromatic heterocycles. The second kappa shape index (κ2) is 38.1. The summed E-state index contributed by atoms with van der Waals surface area (Å²) in [6, 6.07) is 91.3. The first kappa shape index (κ1) is 84.3. The Morgan fingerprint density at radius 1 is 0.268 bits per heavy atom. The quantitative estimate of drug-likeness (QED) is 0.0326. The molecule has 0 atom stereocenters. The van der Waals surface area contributed by atoms with Gasteiger partial charge in [-0.25, -0.2) is 70.6 Å². The number of aromatic nitrogens is 8. The second-order valence-electron chi connectivity index (χ2n) is 30.4. The van der Waals surface area contributed by atoms with Crippen LogP contribution in [0.25, 0.3) is 90.1 Å². The molecule has 4 amide bonds. The molecule has 4 N–H and O–H groups in total. The van der Waals surface area contributed by atoms with Crippen molar-refractivity contribution in [3.63, 3.8) is 0 Å². The molecule has 24 heteroatoms. The maximum Gasteiger partial charge on any atom is 0.256 e. The van der Waals surface area contributed by atoms with Gasteiger partial charge in [0.1, 0.15) is 22.8 Å². The summed E-state index contributed by atoms with van der Waals surface area (Å²) >= 11 is 2.26. The molecule has 0 spiro atoms. The first-order chi connectivity index (χ1) is 61.9. The molecule has 127 heavy (non-hydrogen) atoms. The lowest BCUT2D eigenvalue weighted by molar-refractivity contribution is -0.116. The van der Waals surface area contributed by atoms with E-state index in [-0.39, 0.29) is 30.0 Å². The summed E-state index contributed by atoms with van der Waals surface area (Å²) in [5.41, 5.74) is 22.0. The van der Waals surface area contributed by atoms with E-state index in [1.807, 2.05) is 188 Å². The SMILES string of the molecule is O=C(Cc1c(F)c(F)c(F)c(F)c1F)Nc1nc2c(nc1-c1ccccc1)-c1ccccc1CC2.O=C(Cc1ccc(F)c(F)c1)Nc1nc2c(nc1-c1ccccc1)-c1ccccc1CC2.O=C(Cc1ccc(I)cc1)Nc1nc2c(nc1-c1ccccc1)-c1ccccc1CC2.O=C(Nc1nc2c(nc1-c1ccccc1)-c1ccccc1CC2)c1ccccc1. The smallest absolute Gasteiger partial charge is 0.256 e. The van der Waals surface area contributed by atoms with Crippen molar-refractivity contribution >= 4 is 69.5 Å². The fraction of sp³-hybridized carbons (Fsp3) is 0.107. The number of amides is 4. The van der Waals surface area contributed by atoms with Gasteiger partial charge < -0.3 is 21.3 Å². The van der Waals surface area contributed by atoms with Gasteiger partial charge >= 0.3 is 0 Å². The Hall–Kier alpha value is -14.9. The molecule has 16 aromatic rings. The highest BCUT2D eigenvalue weighted by Gasteiger charge is 2.32. The van der Waals surface area contributed by atoms with Crippen LogP contribution in [0.1, 0.15) is 72.1 Å². The average Bonchev–Trinajstić information content (AvgIpc) is 0.767. The molecule has 12 aromatic carbocycles. The van der Waals surface area contributed by atoms with E-state index < -0.39 is 58.6 Å². The number of carbonyl (C=O) groups is 4. The van der Waals surface area contributed by atoms with Crippen molar-refractivity contribution < 1.29 is 49.9 Å². The number of fused-ring (bicyclic) bond motifs is 12. The molecule has 0 aliphatic heterocycles. The van der Waals surface area contributed by atoms with Gasteiger partial charge in [-0.2, -0.15) is 0 Å². The number of benzene rings is 12. The molecule has 4 aliphatic carbocycles. The van der Waals surface area contributed by atoms with E-state index in [4.69, 9.17) is 34.9 Å². The van der Waals surface area contributed by atoms with E-state index >= 15 is 0 Å². The van der Waals surface area contributed by atoms with Crippen molar-refractivity contribution in [1.29, 1.82) is 0 Å². The molecule has 4 aliphatic rings. The second-order valence-corrected chi connectivity index (χ2v) is 31.6. The lowest BCUT2D eigenvalue weighted by Crippen LogP contribution is -2.21. The number of nitrogens with zero attached hydrogens (tertiary/aromatic N) is 8. The molecular formula is C103H74F7IN12O4. The Labute approximate surface area is 739 Å². The van der Waals surface area contributed by atoms with E-state index in [9.17, 15) is 49.9 Å². The number of hydrogen-bond donors (Lipinski definition) is 4. The van der Waals surface area contributed by atoms with Gasteiger partial charge in [0, 0.05) is 59.2 Å². The molecule has 0 saturated carbocycles. The number of nitrogens with one attached hydrogen (secondary N) is 4. The molecule has 626 valence electrons. The minimum Gasteiger partial charge on any atom is -0.309 e. The van der Waals surface area contributed by atoms with Crippen molar-refractivity contribution in [2.24, 2.45) is 0 Å². The number of anilines is 4. The molecule has 0 radical (unpaired) electrons. The van der Waals surface area contributed by atoms with Crippen LogP contribution in [0.3, 0.4) is 0 Å². The molecule has 0 saturated heterocycles. The Bertz CT molecular complexity index is 6860. The largest absolute Gasteiger partial charge is 0.309 e. The maximum absolute atomic E-state index is 14.1. The molecule has 0 unspecified atom stereocenters. The molecule has 0 fully saturated rings. The fourth-order valence-corrected chi connectivity index (χ4v) is 16.1. The van der Waals surface area contributed by atoms with Gasteiger partial charge in [0.2, 0.25) is 23.5 Å². The lowest BCUT2D eigenvalue weighted by Gasteiger charge is -2.21. The molecule has 0 bridgehead atoms. The predicted octanol–water partition coefficient (Wildman–Crippen LogP) is 22.0. The number of hydrogen-bond acceptors (Lipinski definition) is 12. The lowest BCUT2D eigenvalue weighted by atomic mass is 9.91. The standard InChI is InChI=1S/C26H16F5N3O.C26H19F2N3O.C26H20IN3O.C25H19N3O/c27-19-16(20(28)22(30)23(31)21(19)29)12-18(35)33-26-24(14-7-2-1-3-8-14)34-25-15-9-5-4-6-13(15)10-11-17(25)32-26;27-20-12-10-16(14-21(20)28)15-23(32)30-26-24(18-7-2-1-3-8-18)31-25-19-9-5-4-6-17(19)11-13-22(25)29-26;27-20-13-10-17(11-14-20)16-23(31)29-26-24(19-7-2-1-3-8-19)30-25-21-9-5-4-6-18(21)12-15-22(25)28-26;29-25(19-12-5-2-6-13-19)28-24-22(18-10-3-1-4-11-18)27-23-20-14-8-7-9-17(20)15-16-21(23)26-24/h1-9H,10-12H2,(H,32,33,35);1-10,12,14H,11,13,15H2,(H,29,30,32);1-11,13-14H,12,15-16H2,(H,28,29,31);1-14H,15-16H2,(H,26,28,29). The Morgan fingerprint density at radius 2 is 0.551 bits per heavy atom. The van der Waals surface area contributed by atoms with Crippen LogP contribution in [0.15, 0.2) is 291 Å². The Balaban J connectivity index is 0.000000119. The topological polar surface area (TPSA) is 220 Å². The first-order valence-electron chi connectivity index (χ1n) is 41.0. The zero-order chi connectivity index (χ0) is 87.6. The van der Waals surface area contributed by atoms with Gasteiger partial charge in [0.15, 0.2) is 58.2 Å². The minimum absolute atomic E-state index is 0.0307. The van der Waals surface area contributed by atoms with Crippen LogP contribution >= 0.6 is 22.6 Å². The van der Waals surface area contributed by atoms with Crippen LogP contribution in [0, 0.1) is 44.3 Å². The third-order valence-corrected chi connectivity index (χ3v) is 22.7. The number of halogens is 8. The van der Waals surface area contributed by atoms with Crippen molar-refractivity contribution in [1.82, 2.24) is 39.9 Å². The summed E-state index contributed by atoms with van der Waals surface area (Å²) in [6.07, 6.45) is 5.42. The van der Waals surface area contributed by atoms with E-state index in [0.29, 0.717) is 87.6 Å². The van der Waals surface area contributed by atoms with Crippen molar-refractivity contribution in [3.05, 3.63) is 403 Å². The van der Waals surface area contributed by atoms with Gasteiger partial charge in [-0.1, -0.05) is 255 Å². The van der Waals surface area contributed by atoms with Crippen LogP contribution in [-0.4, -0.2) is 63.5 Å². The van der Waals surface area contributed by atoms with Gasteiger partial charge in [-0.05, 0) is 144 Å². The summed E-state index contributed by atoms with van der Waals surface area (Å²) in [5, 5.41) is 11.3. The summed E-state index contributed by atoms with van der Waals surface area (Å²) in [6.45, 7) is 0. The van der Waals surface area contributed by atoms with E-state index in [0.717, 1.165) is 138 Å². The third-order valence-electron chi connectivity index (χ3n) is 22.0. The van der Waals surface area contributed by atoms with Gasteiger partial charge in [0.25, 0.3) is 5.91 Å². The minimum atomic E-state index is -2.28. The summed E-state index contributed by atoms with van der Waals surface area (Å²) in [4.78, 5) is 89.8. The third kappa shape index (κ3) is 19.0. The summed E-state index contributed by atoms with van der Waals surface area (Å²) < 4.78 is 96.5.